The molecule has 2 aromatic rings. The Labute approximate surface area is 176 Å². The van der Waals surface area contributed by atoms with Crippen molar-refractivity contribution in [1.82, 2.24) is 4.57 Å². The number of carbonyl (C=O) groups excluding carboxylic acids is 1. The molecule has 0 saturated heterocycles. The molecular weight excluding hydrogens is 382 g/mol. The van der Waals surface area contributed by atoms with E-state index in [1.54, 1.807) is 26.3 Å². The third-order valence-electron chi connectivity index (χ3n) is 6.18. The van der Waals surface area contributed by atoms with Crippen molar-refractivity contribution < 1.29 is 19.0 Å². The van der Waals surface area contributed by atoms with Gasteiger partial charge in [-0.1, -0.05) is 6.42 Å². The maximum absolute atomic E-state index is 12.7. The number of carbonyl (C=O) groups is 1. The van der Waals surface area contributed by atoms with E-state index in [4.69, 9.17) is 14.2 Å². The molecule has 0 spiro atoms. The fourth-order valence-electron chi connectivity index (χ4n) is 4.81. The lowest BCUT2D eigenvalue weighted by atomic mass is 9.83. The molecule has 0 amide bonds. The van der Waals surface area contributed by atoms with Crippen molar-refractivity contribution in [3.63, 3.8) is 0 Å². The number of nitrogens with zero attached hydrogens (tertiary/aromatic N) is 1. The Balaban J connectivity index is 1.77. The van der Waals surface area contributed by atoms with Gasteiger partial charge in [0.25, 0.3) is 0 Å². The molecule has 2 unspecified atom stereocenters. The fourth-order valence-corrected chi connectivity index (χ4v) is 4.81. The molecule has 2 atom stereocenters. The zero-order chi connectivity index (χ0) is 21.3. The summed E-state index contributed by atoms with van der Waals surface area (Å²) in [5, 5.41) is 0. The Bertz CT molecular complexity index is 1010. The number of aryl methyl sites for hydroxylation is 1. The van der Waals surface area contributed by atoms with Gasteiger partial charge in [-0.2, -0.15) is 0 Å². The van der Waals surface area contributed by atoms with E-state index in [0.717, 1.165) is 48.3 Å². The van der Waals surface area contributed by atoms with E-state index in [0.29, 0.717) is 19.1 Å². The van der Waals surface area contributed by atoms with Crippen LogP contribution in [-0.4, -0.2) is 37.5 Å². The van der Waals surface area contributed by atoms with Gasteiger partial charge in [0.2, 0.25) is 0 Å². The zero-order valence-corrected chi connectivity index (χ0v) is 17.9. The second-order valence-corrected chi connectivity index (χ2v) is 8.07. The quantitative estimate of drug-likeness (QED) is 0.504. The van der Waals surface area contributed by atoms with Gasteiger partial charge in [0, 0.05) is 49.9 Å². The van der Waals surface area contributed by atoms with Crippen LogP contribution in [0.4, 0.5) is 0 Å². The average molecular weight is 411 g/mol. The predicted molar refractivity (Wildman–Crippen MR) is 114 cm³/mol. The summed E-state index contributed by atoms with van der Waals surface area (Å²) >= 11 is 0. The third kappa shape index (κ3) is 3.65. The lowest BCUT2D eigenvalue weighted by molar-refractivity contribution is 0.0523. The zero-order valence-electron chi connectivity index (χ0n) is 17.9. The van der Waals surface area contributed by atoms with Crippen molar-refractivity contribution in [2.24, 2.45) is 0 Å². The maximum Gasteiger partial charge on any atom is 0.343 e. The monoisotopic (exact) mass is 411 g/mol. The van der Waals surface area contributed by atoms with Crippen LogP contribution >= 0.6 is 0 Å². The lowest BCUT2D eigenvalue weighted by Crippen LogP contribution is -2.27. The van der Waals surface area contributed by atoms with Crippen molar-refractivity contribution >= 4 is 5.97 Å². The molecule has 1 aromatic carbocycles. The SMILES string of the molecule is CCOC(=O)c1cn2c(cc1=O)-c1cc(C)c(OCCCOC)cc1C1CCCC12. The van der Waals surface area contributed by atoms with Crippen LogP contribution in [0.15, 0.2) is 29.2 Å². The first-order valence-corrected chi connectivity index (χ1v) is 10.7. The van der Waals surface area contributed by atoms with Crippen molar-refractivity contribution in [1.29, 1.82) is 0 Å². The van der Waals surface area contributed by atoms with Gasteiger partial charge in [-0.25, -0.2) is 4.79 Å². The van der Waals surface area contributed by atoms with Crippen LogP contribution in [0.3, 0.4) is 0 Å². The molecule has 1 fully saturated rings. The number of esters is 1. The minimum absolute atomic E-state index is 0.115. The smallest absolute Gasteiger partial charge is 0.343 e. The number of aromatic nitrogens is 1. The molecule has 160 valence electrons. The Morgan fingerprint density at radius 2 is 2.03 bits per heavy atom. The van der Waals surface area contributed by atoms with E-state index in [2.05, 4.69) is 16.7 Å². The minimum atomic E-state index is -0.547. The van der Waals surface area contributed by atoms with Gasteiger partial charge in [-0.3, -0.25) is 4.79 Å². The van der Waals surface area contributed by atoms with Gasteiger partial charge >= 0.3 is 5.97 Å². The number of rotatable bonds is 7. The maximum atomic E-state index is 12.7. The highest BCUT2D eigenvalue weighted by atomic mass is 16.5. The summed E-state index contributed by atoms with van der Waals surface area (Å²) in [4.78, 5) is 25.0. The van der Waals surface area contributed by atoms with E-state index >= 15 is 0 Å². The van der Waals surface area contributed by atoms with Crippen LogP contribution < -0.4 is 10.2 Å². The highest BCUT2D eigenvalue weighted by molar-refractivity contribution is 5.89. The van der Waals surface area contributed by atoms with E-state index in [1.165, 1.54) is 5.56 Å². The number of fused-ring (bicyclic) bond motifs is 6. The molecule has 0 radical (unpaired) electrons. The first-order chi connectivity index (χ1) is 14.5. The average Bonchev–Trinajstić information content (AvgIpc) is 3.22. The number of hydrogen-bond donors (Lipinski definition) is 0. The van der Waals surface area contributed by atoms with E-state index < -0.39 is 5.97 Å². The van der Waals surface area contributed by atoms with Crippen molar-refractivity contribution in [2.75, 3.05) is 26.9 Å². The molecule has 1 aliphatic carbocycles. The Morgan fingerprint density at radius 3 is 2.80 bits per heavy atom. The molecule has 1 aliphatic heterocycles. The van der Waals surface area contributed by atoms with Crippen LogP contribution in [0.2, 0.25) is 0 Å². The predicted octanol–water partition coefficient (Wildman–Crippen LogP) is 4.24. The highest BCUT2D eigenvalue weighted by Gasteiger charge is 2.37. The van der Waals surface area contributed by atoms with Crippen LogP contribution in [0.5, 0.6) is 5.75 Å². The van der Waals surface area contributed by atoms with Crippen molar-refractivity contribution in [3.05, 3.63) is 51.3 Å². The minimum Gasteiger partial charge on any atom is -0.493 e. The first-order valence-electron chi connectivity index (χ1n) is 10.7. The van der Waals surface area contributed by atoms with E-state index in [1.807, 2.05) is 6.92 Å². The number of hydrogen-bond acceptors (Lipinski definition) is 5. The van der Waals surface area contributed by atoms with Crippen LogP contribution in [0.25, 0.3) is 11.3 Å². The number of pyridine rings is 1. The second kappa shape index (κ2) is 8.64. The summed E-state index contributed by atoms with van der Waals surface area (Å²) in [6, 6.07) is 6.11. The van der Waals surface area contributed by atoms with Crippen molar-refractivity contribution in [2.45, 2.75) is 51.5 Å². The van der Waals surface area contributed by atoms with Gasteiger partial charge in [-0.15, -0.1) is 0 Å². The molecule has 4 rings (SSSR count). The van der Waals surface area contributed by atoms with Crippen LogP contribution in [0, 0.1) is 6.92 Å². The molecule has 0 bridgehead atoms. The molecule has 2 heterocycles. The van der Waals surface area contributed by atoms with Gasteiger partial charge < -0.3 is 18.8 Å². The lowest BCUT2D eigenvalue weighted by Gasteiger charge is -2.34. The molecule has 6 heteroatoms. The number of ether oxygens (including phenoxy) is 3. The first kappa shape index (κ1) is 20.7. The van der Waals surface area contributed by atoms with Gasteiger partial charge in [-0.05, 0) is 49.9 Å². The Hall–Kier alpha value is -2.60. The van der Waals surface area contributed by atoms with E-state index in [9.17, 15) is 9.59 Å². The fraction of sp³-hybridized carbons (Fsp3) is 0.500. The normalized spacial score (nSPS) is 19.0. The molecule has 2 aliphatic rings. The van der Waals surface area contributed by atoms with Gasteiger partial charge in [0.15, 0.2) is 5.43 Å². The van der Waals surface area contributed by atoms with Gasteiger partial charge in [0.05, 0.1) is 18.9 Å². The highest BCUT2D eigenvalue weighted by Crippen LogP contribution is 2.51. The number of benzene rings is 1. The molecular formula is C24H29NO5. The molecule has 1 aromatic heterocycles. The summed E-state index contributed by atoms with van der Waals surface area (Å²) in [6.45, 7) is 5.31. The Kier molecular flexibility index (Phi) is 5.95. The summed E-state index contributed by atoms with van der Waals surface area (Å²) in [5.74, 6) is 0.704. The second-order valence-electron chi connectivity index (χ2n) is 8.07. The third-order valence-corrected chi connectivity index (χ3v) is 6.18. The number of methoxy groups -OCH3 is 1. The topological polar surface area (TPSA) is 66.8 Å². The molecule has 30 heavy (non-hydrogen) atoms. The largest absolute Gasteiger partial charge is 0.493 e. The van der Waals surface area contributed by atoms with Crippen LogP contribution in [-0.2, 0) is 9.47 Å². The molecule has 1 saturated carbocycles. The standard InChI is InChI=1S/C24H29NO5/c1-4-29-24(27)19-14-25-20-8-5-7-16(20)17-12-23(30-10-6-9-28-3)15(2)11-18(17)21(25)13-22(19)26/h11-14,16,20H,4-10H2,1-3H3. The molecule has 0 N–H and O–H groups in total. The van der Waals surface area contributed by atoms with Gasteiger partial charge in [0.1, 0.15) is 11.3 Å². The van der Waals surface area contributed by atoms with Crippen LogP contribution in [0.1, 0.15) is 66.1 Å². The summed E-state index contributed by atoms with van der Waals surface area (Å²) in [5.41, 5.74) is 4.04. The summed E-state index contributed by atoms with van der Waals surface area (Å²) in [6.07, 6.45) is 5.79. The van der Waals surface area contributed by atoms with Crippen molar-refractivity contribution in [3.8, 4) is 17.0 Å². The summed E-state index contributed by atoms with van der Waals surface area (Å²) in [7, 11) is 1.69. The summed E-state index contributed by atoms with van der Waals surface area (Å²) < 4.78 is 18.4. The Morgan fingerprint density at radius 1 is 1.20 bits per heavy atom. The molecule has 6 nitrogen and oxygen atoms in total. The van der Waals surface area contributed by atoms with E-state index in [-0.39, 0.29) is 23.6 Å².